The smallest absolute Gasteiger partial charge is 0.229 e. The number of carbonyl (C=O) groups is 1. The molecule has 0 spiro atoms. The Hall–Kier alpha value is -0.280. The maximum atomic E-state index is 12.7. The van der Waals surface area contributed by atoms with Gasteiger partial charge >= 0.3 is 0 Å². The molecule has 1 amide bonds. The van der Waals surface area contributed by atoms with Crippen LogP contribution in [0, 0.1) is 17.3 Å². The van der Waals surface area contributed by atoms with Gasteiger partial charge in [0, 0.05) is 19.6 Å². The number of rotatable bonds is 1. The molecule has 2 fully saturated rings. The van der Waals surface area contributed by atoms with Crippen molar-refractivity contribution < 1.29 is 4.79 Å². The maximum absolute atomic E-state index is 12.7. The van der Waals surface area contributed by atoms with E-state index in [0.717, 1.165) is 39.0 Å². The molecule has 0 aromatic heterocycles. The molecule has 18 heavy (non-hydrogen) atoms. The Morgan fingerprint density at radius 2 is 1.89 bits per heavy atom. The van der Waals surface area contributed by atoms with Gasteiger partial charge in [-0.05, 0) is 44.6 Å². The molecule has 106 valence electrons. The number of piperidine rings is 2. The van der Waals surface area contributed by atoms with Gasteiger partial charge in [-0.3, -0.25) is 4.79 Å². The third-order valence-electron chi connectivity index (χ3n) is 4.27. The number of carbonyl (C=O) groups excluding carboxylic acids is 1. The zero-order chi connectivity index (χ0) is 12.5. The number of amides is 1. The minimum absolute atomic E-state index is 0. The Bertz CT molecular complexity index is 280. The molecular weight excluding hydrogens is 248 g/mol. The summed E-state index contributed by atoms with van der Waals surface area (Å²) in [4.78, 5) is 14.8. The second-order valence-electron chi connectivity index (χ2n) is 6.50. The van der Waals surface area contributed by atoms with Crippen LogP contribution < -0.4 is 5.32 Å². The normalized spacial score (nSPS) is 36.9. The maximum Gasteiger partial charge on any atom is 0.229 e. The number of likely N-dealkylation sites (tertiary alicyclic amines) is 1. The Kier molecular flexibility index (Phi) is 5.47. The Balaban J connectivity index is 0.00000162. The molecule has 0 aromatic carbocycles. The highest BCUT2D eigenvalue weighted by molar-refractivity contribution is 5.85. The summed E-state index contributed by atoms with van der Waals surface area (Å²) in [6, 6.07) is 0. The molecule has 3 nitrogen and oxygen atoms in total. The van der Waals surface area contributed by atoms with Gasteiger partial charge in [0.05, 0.1) is 5.41 Å². The van der Waals surface area contributed by atoms with Crippen molar-refractivity contribution in [2.75, 3.05) is 26.2 Å². The highest BCUT2D eigenvalue weighted by Gasteiger charge is 2.39. The molecular formula is C14H27ClN2O. The largest absolute Gasteiger partial charge is 0.342 e. The second-order valence-corrected chi connectivity index (χ2v) is 6.50. The SMILES string of the molecule is CC1CC(C)CN(C(=O)C2(C)CCCNC2)C1.Cl. The minimum Gasteiger partial charge on any atom is -0.342 e. The molecule has 3 unspecified atom stereocenters. The van der Waals surface area contributed by atoms with Crippen LogP contribution in [0.2, 0.25) is 0 Å². The van der Waals surface area contributed by atoms with Gasteiger partial charge in [0.25, 0.3) is 0 Å². The molecule has 1 N–H and O–H groups in total. The van der Waals surface area contributed by atoms with Gasteiger partial charge in [0.2, 0.25) is 5.91 Å². The van der Waals surface area contributed by atoms with Crippen LogP contribution in [0.4, 0.5) is 0 Å². The lowest BCUT2D eigenvalue weighted by Crippen LogP contribution is -2.53. The first-order valence-corrected chi connectivity index (χ1v) is 7.01. The third-order valence-corrected chi connectivity index (χ3v) is 4.27. The molecule has 0 aliphatic carbocycles. The molecule has 2 aliphatic heterocycles. The van der Waals surface area contributed by atoms with Crippen LogP contribution in [-0.2, 0) is 4.79 Å². The van der Waals surface area contributed by atoms with E-state index >= 15 is 0 Å². The molecule has 4 heteroatoms. The molecule has 0 saturated carbocycles. The van der Waals surface area contributed by atoms with Crippen LogP contribution in [0.25, 0.3) is 0 Å². The molecule has 0 bridgehead atoms. The number of nitrogens with one attached hydrogen (secondary N) is 1. The third kappa shape index (κ3) is 3.39. The van der Waals surface area contributed by atoms with Gasteiger partial charge in [0.1, 0.15) is 0 Å². The molecule has 0 aromatic rings. The van der Waals surface area contributed by atoms with Crippen molar-refractivity contribution in [2.45, 2.75) is 40.0 Å². The van der Waals surface area contributed by atoms with Crippen LogP contribution in [0.5, 0.6) is 0 Å². The summed E-state index contributed by atoms with van der Waals surface area (Å²) in [7, 11) is 0. The Morgan fingerprint density at radius 3 is 2.39 bits per heavy atom. The number of hydrogen-bond acceptors (Lipinski definition) is 2. The van der Waals surface area contributed by atoms with Gasteiger partial charge in [-0.15, -0.1) is 12.4 Å². The van der Waals surface area contributed by atoms with Gasteiger partial charge in [0.15, 0.2) is 0 Å². The second kappa shape index (κ2) is 6.25. The van der Waals surface area contributed by atoms with Crippen LogP contribution in [0.1, 0.15) is 40.0 Å². The molecule has 0 radical (unpaired) electrons. The van der Waals surface area contributed by atoms with E-state index in [1.54, 1.807) is 0 Å². The zero-order valence-electron chi connectivity index (χ0n) is 11.9. The van der Waals surface area contributed by atoms with E-state index in [1.807, 2.05) is 0 Å². The average Bonchev–Trinajstić information content (AvgIpc) is 2.27. The lowest BCUT2D eigenvalue weighted by molar-refractivity contribution is -0.145. The fourth-order valence-corrected chi connectivity index (χ4v) is 3.45. The summed E-state index contributed by atoms with van der Waals surface area (Å²) >= 11 is 0. The number of nitrogens with zero attached hydrogens (tertiary/aromatic N) is 1. The summed E-state index contributed by atoms with van der Waals surface area (Å²) in [5.74, 6) is 1.69. The highest BCUT2D eigenvalue weighted by atomic mass is 35.5. The molecule has 2 saturated heterocycles. The summed E-state index contributed by atoms with van der Waals surface area (Å²) in [5, 5.41) is 3.37. The van der Waals surface area contributed by atoms with Crippen molar-refractivity contribution in [3.8, 4) is 0 Å². The quantitative estimate of drug-likeness (QED) is 0.796. The van der Waals surface area contributed by atoms with Gasteiger partial charge in [-0.2, -0.15) is 0 Å². The predicted molar refractivity (Wildman–Crippen MR) is 77.0 cm³/mol. The fourth-order valence-electron chi connectivity index (χ4n) is 3.45. The molecule has 3 atom stereocenters. The monoisotopic (exact) mass is 274 g/mol. The first kappa shape index (κ1) is 15.8. The first-order chi connectivity index (χ1) is 8.01. The van der Waals surface area contributed by atoms with Crippen molar-refractivity contribution in [1.29, 1.82) is 0 Å². The standard InChI is InChI=1S/C14H26N2O.ClH/c1-11-7-12(2)9-16(8-11)13(17)14(3)5-4-6-15-10-14;/h11-12,15H,4-10H2,1-3H3;1H. The van der Waals surface area contributed by atoms with Crippen molar-refractivity contribution in [3.63, 3.8) is 0 Å². The van der Waals surface area contributed by atoms with E-state index in [4.69, 9.17) is 0 Å². The number of hydrogen-bond donors (Lipinski definition) is 1. The highest BCUT2D eigenvalue weighted by Crippen LogP contribution is 2.31. The van der Waals surface area contributed by atoms with Crippen molar-refractivity contribution in [2.24, 2.45) is 17.3 Å². The van der Waals surface area contributed by atoms with E-state index in [0.29, 0.717) is 17.7 Å². The van der Waals surface area contributed by atoms with Crippen LogP contribution >= 0.6 is 12.4 Å². The van der Waals surface area contributed by atoms with Crippen LogP contribution in [0.15, 0.2) is 0 Å². The predicted octanol–water partition coefficient (Wildman–Crippen LogP) is 2.30. The number of halogens is 1. The van der Waals surface area contributed by atoms with E-state index in [2.05, 4.69) is 31.0 Å². The van der Waals surface area contributed by atoms with Gasteiger partial charge in [-0.1, -0.05) is 13.8 Å². The Morgan fingerprint density at radius 1 is 1.28 bits per heavy atom. The lowest BCUT2D eigenvalue weighted by Gasteiger charge is -2.42. The average molecular weight is 275 g/mol. The van der Waals surface area contributed by atoms with E-state index in [1.165, 1.54) is 6.42 Å². The summed E-state index contributed by atoms with van der Waals surface area (Å²) < 4.78 is 0. The summed E-state index contributed by atoms with van der Waals surface area (Å²) in [6.07, 6.45) is 3.43. The van der Waals surface area contributed by atoms with Crippen LogP contribution in [0.3, 0.4) is 0 Å². The van der Waals surface area contributed by atoms with E-state index in [9.17, 15) is 4.79 Å². The van der Waals surface area contributed by atoms with Gasteiger partial charge in [-0.25, -0.2) is 0 Å². The Labute approximate surface area is 117 Å². The summed E-state index contributed by atoms with van der Waals surface area (Å²) in [5.41, 5.74) is -0.158. The molecule has 2 heterocycles. The van der Waals surface area contributed by atoms with E-state index < -0.39 is 0 Å². The van der Waals surface area contributed by atoms with Gasteiger partial charge < -0.3 is 10.2 Å². The topological polar surface area (TPSA) is 32.3 Å². The van der Waals surface area contributed by atoms with Crippen molar-refractivity contribution in [3.05, 3.63) is 0 Å². The van der Waals surface area contributed by atoms with Crippen molar-refractivity contribution >= 4 is 18.3 Å². The fraction of sp³-hybridized carbons (Fsp3) is 0.929. The lowest BCUT2D eigenvalue weighted by atomic mass is 9.80. The van der Waals surface area contributed by atoms with E-state index in [-0.39, 0.29) is 17.8 Å². The van der Waals surface area contributed by atoms with Crippen LogP contribution in [-0.4, -0.2) is 37.0 Å². The zero-order valence-corrected chi connectivity index (χ0v) is 12.7. The first-order valence-electron chi connectivity index (χ1n) is 7.01. The van der Waals surface area contributed by atoms with Crippen molar-refractivity contribution in [1.82, 2.24) is 10.2 Å². The summed E-state index contributed by atoms with van der Waals surface area (Å²) in [6.45, 7) is 10.5. The molecule has 2 rings (SSSR count). The minimum atomic E-state index is -0.158. The molecule has 2 aliphatic rings.